The van der Waals surface area contributed by atoms with Crippen molar-refractivity contribution >= 4 is 35.8 Å². The predicted molar refractivity (Wildman–Crippen MR) is 79.8 cm³/mol. The Bertz CT molecular complexity index is 595. The highest BCUT2D eigenvalue weighted by molar-refractivity contribution is 7.81. The van der Waals surface area contributed by atoms with Crippen molar-refractivity contribution in [1.29, 1.82) is 0 Å². The molecule has 20 heavy (non-hydrogen) atoms. The topological polar surface area (TPSA) is 70.6 Å². The second kappa shape index (κ2) is 4.94. The highest BCUT2D eigenvalue weighted by Gasteiger charge is 2.49. The van der Waals surface area contributed by atoms with Crippen LogP contribution in [-0.2, 0) is 9.59 Å². The summed E-state index contributed by atoms with van der Waals surface area (Å²) >= 11 is 4.08. The van der Waals surface area contributed by atoms with Crippen LogP contribution in [0, 0.1) is 11.8 Å². The van der Waals surface area contributed by atoms with E-state index in [0.29, 0.717) is 0 Å². The van der Waals surface area contributed by atoms with Gasteiger partial charge in [-0.05, 0) is 31.0 Å². The molecule has 0 saturated heterocycles. The summed E-state index contributed by atoms with van der Waals surface area (Å²) in [6.07, 6.45) is 0.875. The van der Waals surface area contributed by atoms with Crippen molar-refractivity contribution in [3.05, 3.63) is 29.8 Å². The number of anilines is 1. The quantitative estimate of drug-likeness (QED) is 0.736. The molecule has 1 heterocycles. The zero-order valence-corrected chi connectivity index (χ0v) is 11.9. The number of nitrogens with one attached hydrogen (secondary N) is 2. The van der Waals surface area contributed by atoms with Gasteiger partial charge in [-0.15, -0.1) is 0 Å². The molecule has 0 radical (unpaired) electrons. The van der Waals surface area contributed by atoms with Gasteiger partial charge in [0.2, 0.25) is 11.8 Å². The summed E-state index contributed by atoms with van der Waals surface area (Å²) in [5.41, 5.74) is 5.19. The first-order valence-electron chi connectivity index (χ1n) is 6.53. The van der Waals surface area contributed by atoms with Gasteiger partial charge < -0.3 is 5.32 Å². The SMILES string of the molecule is CC(S)C(=O)Nc1ccc(C2=NNC(=O)C3CC23)cc1. The van der Waals surface area contributed by atoms with Crippen LogP contribution >= 0.6 is 12.6 Å². The summed E-state index contributed by atoms with van der Waals surface area (Å²) in [5.74, 6) is 0.226. The number of nitrogens with zero attached hydrogens (tertiary/aromatic N) is 1. The van der Waals surface area contributed by atoms with Gasteiger partial charge >= 0.3 is 0 Å². The normalized spacial score (nSPS) is 25.1. The Morgan fingerprint density at radius 3 is 2.75 bits per heavy atom. The molecular formula is C14H15N3O2S. The predicted octanol–water partition coefficient (Wildman–Crippen LogP) is 1.41. The summed E-state index contributed by atoms with van der Waals surface area (Å²) in [5, 5.41) is 6.57. The number of hydrogen-bond donors (Lipinski definition) is 3. The monoisotopic (exact) mass is 289 g/mol. The number of hydrogen-bond acceptors (Lipinski definition) is 4. The summed E-state index contributed by atoms with van der Waals surface area (Å²) < 4.78 is 0. The summed E-state index contributed by atoms with van der Waals surface area (Å²) in [6.45, 7) is 1.72. The molecule has 2 aliphatic rings. The Kier molecular flexibility index (Phi) is 3.25. The van der Waals surface area contributed by atoms with Crippen LogP contribution in [0.4, 0.5) is 5.69 Å². The van der Waals surface area contributed by atoms with E-state index in [-0.39, 0.29) is 28.9 Å². The maximum absolute atomic E-state index is 11.5. The Morgan fingerprint density at radius 1 is 1.40 bits per heavy atom. The minimum absolute atomic E-state index is 0.0189. The largest absolute Gasteiger partial charge is 0.325 e. The van der Waals surface area contributed by atoms with Crippen LogP contribution in [0.3, 0.4) is 0 Å². The summed E-state index contributed by atoms with van der Waals surface area (Å²) in [6, 6.07) is 7.48. The molecule has 104 valence electrons. The Hall–Kier alpha value is -1.82. The van der Waals surface area contributed by atoms with Gasteiger partial charge in [-0.1, -0.05) is 12.1 Å². The highest BCUT2D eigenvalue weighted by Crippen LogP contribution is 2.43. The van der Waals surface area contributed by atoms with Gasteiger partial charge in [0.1, 0.15) is 0 Å². The number of amides is 2. The van der Waals surface area contributed by atoms with Crippen molar-refractivity contribution in [2.45, 2.75) is 18.6 Å². The van der Waals surface area contributed by atoms with Gasteiger partial charge in [0.15, 0.2) is 0 Å². The van der Waals surface area contributed by atoms with Crippen molar-refractivity contribution in [3.8, 4) is 0 Å². The number of carbonyl (C=O) groups excluding carboxylic acids is 2. The second-order valence-electron chi connectivity index (χ2n) is 5.16. The molecule has 0 aromatic heterocycles. The van der Waals surface area contributed by atoms with Crippen LogP contribution < -0.4 is 10.7 Å². The Balaban J connectivity index is 1.74. The summed E-state index contributed by atoms with van der Waals surface area (Å²) in [4.78, 5) is 22.9. The number of benzene rings is 1. The third-order valence-corrected chi connectivity index (χ3v) is 3.83. The number of carbonyl (C=O) groups is 2. The average Bonchev–Trinajstić information content (AvgIpc) is 3.21. The molecule has 1 aliphatic heterocycles. The molecule has 5 nitrogen and oxygen atoms in total. The van der Waals surface area contributed by atoms with Crippen molar-refractivity contribution < 1.29 is 9.59 Å². The van der Waals surface area contributed by atoms with Crippen molar-refractivity contribution in [2.75, 3.05) is 5.32 Å². The van der Waals surface area contributed by atoms with Gasteiger partial charge in [-0.25, -0.2) is 5.43 Å². The first-order valence-corrected chi connectivity index (χ1v) is 7.04. The van der Waals surface area contributed by atoms with Gasteiger partial charge in [0.05, 0.1) is 11.0 Å². The number of fused-ring (bicyclic) bond motifs is 1. The van der Waals surface area contributed by atoms with Crippen molar-refractivity contribution in [3.63, 3.8) is 0 Å². The molecule has 1 fully saturated rings. The maximum atomic E-state index is 11.5. The lowest BCUT2D eigenvalue weighted by Crippen LogP contribution is -2.28. The Labute approximate surface area is 122 Å². The molecule has 3 atom stereocenters. The van der Waals surface area contributed by atoms with Crippen molar-refractivity contribution in [2.24, 2.45) is 16.9 Å². The maximum Gasteiger partial charge on any atom is 0.243 e. The standard InChI is InChI=1S/C14H15N3O2S/c1-7(20)13(18)15-9-4-2-8(3-5-9)12-10-6-11(10)14(19)17-16-12/h2-5,7,10-11,20H,6H2,1H3,(H,15,18)(H,17,19). The molecule has 2 amide bonds. The van der Waals surface area contributed by atoms with E-state index in [1.54, 1.807) is 6.92 Å². The third-order valence-electron chi connectivity index (χ3n) is 3.59. The lowest BCUT2D eigenvalue weighted by Gasteiger charge is -2.12. The van der Waals surface area contributed by atoms with Gasteiger partial charge in [0.25, 0.3) is 0 Å². The fourth-order valence-electron chi connectivity index (χ4n) is 2.32. The van der Waals surface area contributed by atoms with E-state index >= 15 is 0 Å². The van der Waals surface area contributed by atoms with Crippen LogP contribution in [0.5, 0.6) is 0 Å². The van der Waals surface area contributed by atoms with E-state index in [2.05, 4.69) is 28.5 Å². The molecule has 3 rings (SSSR count). The minimum atomic E-state index is -0.347. The lowest BCUT2D eigenvalue weighted by molar-refractivity contribution is -0.122. The van der Waals surface area contributed by atoms with E-state index in [9.17, 15) is 9.59 Å². The molecule has 6 heteroatoms. The van der Waals surface area contributed by atoms with Crippen LogP contribution in [0.2, 0.25) is 0 Å². The zero-order valence-electron chi connectivity index (χ0n) is 11.0. The van der Waals surface area contributed by atoms with E-state index < -0.39 is 0 Å². The molecule has 1 aliphatic carbocycles. The number of thiol groups is 1. The van der Waals surface area contributed by atoms with E-state index in [1.165, 1.54) is 0 Å². The summed E-state index contributed by atoms with van der Waals surface area (Å²) in [7, 11) is 0. The fraction of sp³-hybridized carbons (Fsp3) is 0.357. The van der Waals surface area contributed by atoms with Crippen LogP contribution in [0.15, 0.2) is 29.4 Å². The molecule has 1 aromatic carbocycles. The van der Waals surface area contributed by atoms with Crippen LogP contribution in [0.1, 0.15) is 18.9 Å². The molecular weight excluding hydrogens is 274 g/mol. The number of hydrazone groups is 1. The lowest BCUT2D eigenvalue weighted by atomic mass is 10.0. The van der Waals surface area contributed by atoms with E-state index in [4.69, 9.17) is 0 Å². The molecule has 0 spiro atoms. The Morgan fingerprint density at radius 2 is 2.10 bits per heavy atom. The van der Waals surface area contributed by atoms with Gasteiger partial charge in [0, 0.05) is 17.5 Å². The minimum Gasteiger partial charge on any atom is -0.325 e. The molecule has 1 aromatic rings. The highest BCUT2D eigenvalue weighted by atomic mass is 32.1. The smallest absolute Gasteiger partial charge is 0.243 e. The first-order chi connectivity index (χ1) is 9.56. The third kappa shape index (κ3) is 2.43. The number of rotatable bonds is 3. The average molecular weight is 289 g/mol. The first kappa shape index (κ1) is 13.2. The molecule has 2 N–H and O–H groups in total. The molecule has 0 bridgehead atoms. The van der Waals surface area contributed by atoms with E-state index in [0.717, 1.165) is 23.4 Å². The zero-order chi connectivity index (χ0) is 14.3. The van der Waals surface area contributed by atoms with Crippen LogP contribution in [0.25, 0.3) is 0 Å². The van der Waals surface area contributed by atoms with Gasteiger partial charge in [-0.2, -0.15) is 17.7 Å². The van der Waals surface area contributed by atoms with E-state index in [1.807, 2.05) is 24.3 Å². The van der Waals surface area contributed by atoms with Crippen molar-refractivity contribution in [1.82, 2.24) is 5.43 Å². The second-order valence-corrected chi connectivity index (χ2v) is 5.94. The van der Waals surface area contributed by atoms with Crippen LogP contribution in [-0.4, -0.2) is 22.8 Å². The molecule has 3 unspecified atom stereocenters. The van der Waals surface area contributed by atoms with Gasteiger partial charge in [-0.3, -0.25) is 9.59 Å². The fourth-order valence-corrected chi connectivity index (χ4v) is 2.38. The molecule has 1 saturated carbocycles.